The summed E-state index contributed by atoms with van der Waals surface area (Å²) in [5.41, 5.74) is 26.9. The molecule has 0 aliphatic carbocycles. The Bertz CT molecular complexity index is 712. The molecule has 0 aromatic rings. The van der Waals surface area contributed by atoms with Gasteiger partial charge in [0.25, 0.3) is 0 Å². The van der Waals surface area contributed by atoms with Gasteiger partial charge in [-0.3, -0.25) is 29.0 Å². The van der Waals surface area contributed by atoms with E-state index in [4.69, 9.17) is 33.8 Å². The van der Waals surface area contributed by atoms with Gasteiger partial charge in [-0.1, -0.05) is 0 Å². The molecule has 0 radical (unpaired) electrons. The van der Waals surface area contributed by atoms with E-state index in [9.17, 15) is 24.0 Å². The van der Waals surface area contributed by atoms with E-state index >= 15 is 0 Å². The maximum Gasteiger partial charge on any atom is 0.322 e. The van der Waals surface area contributed by atoms with E-state index in [0.717, 1.165) is 0 Å². The van der Waals surface area contributed by atoms with Crippen molar-refractivity contribution in [3.63, 3.8) is 0 Å². The fourth-order valence-electron chi connectivity index (χ4n) is 2.66. The summed E-state index contributed by atoms with van der Waals surface area (Å²) in [6.45, 7) is -0.0263. The Hall–Kier alpha value is -3.46. The number of aliphatic imine (C=N–C) groups is 1. The number of primary amides is 1. The third kappa shape index (κ3) is 14.3. The van der Waals surface area contributed by atoms with Gasteiger partial charge in [0, 0.05) is 6.54 Å². The van der Waals surface area contributed by atoms with Crippen molar-refractivity contribution in [2.75, 3.05) is 19.6 Å². The molecule has 0 spiro atoms. The van der Waals surface area contributed by atoms with Gasteiger partial charge < -0.3 is 49.7 Å². The SMILES string of the molecule is NCCCCC(NC(=O)C(CC(N)=O)NC(=O)C(N)CCCN=C(N)N)C(=O)NCC(=O)O. The quantitative estimate of drug-likeness (QED) is 0.0554. The van der Waals surface area contributed by atoms with Gasteiger partial charge in [0.2, 0.25) is 23.6 Å². The van der Waals surface area contributed by atoms with Gasteiger partial charge in [0.1, 0.15) is 18.6 Å². The van der Waals surface area contributed by atoms with Crippen molar-refractivity contribution >= 4 is 35.6 Å². The highest BCUT2D eigenvalue weighted by molar-refractivity contribution is 5.95. The number of hydrogen-bond acceptors (Lipinski definition) is 8. The van der Waals surface area contributed by atoms with Crippen molar-refractivity contribution in [3.05, 3.63) is 0 Å². The zero-order valence-electron chi connectivity index (χ0n) is 18.4. The van der Waals surface area contributed by atoms with Gasteiger partial charge in [-0.2, -0.15) is 0 Å². The molecule has 15 heteroatoms. The molecule has 4 amide bonds. The molecule has 3 unspecified atom stereocenters. The Balaban J connectivity index is 5.16. The lowest BCUT2D eigenvalue weighted by Crippen LogP contribution is -2.56. The number of amides is 4. The Kier molecular flexibility index (Phi) is 14.5. The number of aliphatic carboxylic acids is 1. The molecule has 0 aliphatic heterocycles. The normalized spacial score (nSPS) is 13.2. The van der Waals surface area contributed by atoms with Crippen LogP contribution in [0.15, 0.2) is 4.99 Å². The summed E-state index contributed by atoms with van der Waals surface area (Å²) in [4.78, 5) is 63.3. The van der Waals surface area contributed by atoms with E-state index < -0.39 is 60.7 Å². The monoisotopic (exact) mass is 473 g/mol. The van der Waals surface area contributed by atoms with Crippen LogP contribution in [0.2, 0.25) is 0 Å². The molecule has 0 bridgehead atoms. The van der Waals surface area contributed by atoms with Crippen LogP contribution in [0.25, 0.3) is 0 Å². The number of carbonyl (C=O) groups excluding carboxylic acids is 4. The van der Waals surface area contributed by atoms with Gasteiger partial charge in [-0.15, -0.1) is 0 Å². The van der Waals surface area contributed by atoms with Crippen molar-refractivity contribution in [3.8, 4) is 0 Å². The molecule has 33 heavy (non-hydrogen) atoms. The molecule has 0 saturated carbocycles. The first-order chi connectivity index (χ1) is 15.5. The van der Waals surface area contributed by atoms with Crippen LogP contribution in [-0.2, 0) is 24.0 Å². The van der Waals surface area contributed by atoms with Crippen LogP contribution in [0, 0.1) is 0 Å². The predicted molar refractivity (Wildman–Crippen MR) is 119 cm³/mol. The predicted octanol–water partition coefficient (Wildman–Crippen LogP) is -4.46. The Labute approximate surface area is 191 Å². The van der Waals surface area contributed by atoms with Gasteiger partial charge in [0.15, 0.2) is 5.96 Å². The molecule has 3 atom stereocenters. The van der Waals surface area contributed by atoms with Gasteiger partial charge in [-0.05, 0) is 38.6 Å². The van der Waals surface area contributed by atoms with Gasteiger partial charge in [-0.25, -0.2) is 0 Å². The number of rotatable bonds is 17. The molecule has 0 aliphatic rings. The van der Waals surface area contributed by atoms with E-state index in [1.165, 1.54) is 0 Å². The highest BCUT2D eigenvalue weighted by Crippen LogP contribution is 2.04. The van der Waals surface area contributed by atoms with Crippen LogP contribution in [0.5, 0.6) is 0 Å². The minimum atomic E-state index is -1.39. The first kappa shape index (κ1) is 29.5. The van der Waals surface area contributed by atoms with E-state index in [1.807, 2.05) is 0 Å². The van der Waals surface area contributed by atoms with Crippen LogP contribution in [0.1, 0.15) is 38.5 Å². The molecule has 0 aromatic carbocycles. The van der Waals surface area contributed by atoms with Gasteiger partial charge in [0.05, 0.1) is 12.5 Å². The average Bonchev–Trinajstić information content (AvgIpc) is 2.73. The number of guanidine groups is 1. The summed E-state index contributed by atoms with van der Waals surface area (Å²) in [6, 6.07) is -3.51. The Morgan fingerprint density at radius 1 is 0.848 bits per heavy atom. The standard InChI is InChI=1S/C18H35N9O6/c19-6-2-1-5-11(16(32)25-9-14(29)30)26-17(33)12(8-13(21)28)27-15(31)10(20)4-3-7-24-18(22)23/h10-12H,1-9,19-20H2,(H2,21,28)(H,25,32)(H,26,33)(H,27,31)(H,29,30)(H4,22,23,24). The lowest BCUT2D eigenvalue weighted by atomic mass is 10.1. The van der Waals surface area contributed by atoms with Gasteiger partial charge >= 0.3 is 5.97 Å². The second-order valence-electron chi connectivity index (χ2n) is 7.24. The van der Waals surface area contributed by atoms with Crippen molar-refractivity contribution in [2.24, 2.45) is 33.7 Å². The number of carboxylic acids is 1. The Morgan fingerprint density at radius 2 is 1.48 bits per heavy atom. The topological polar surface area (TPSA) is 284 Å². The maximum absolute atomic E-state index is 12.7. The summed E-state index contributed by atoms with van der Waals surface area (Å²) in [5.74, 6) is -4.52. The molecule has 0 rings (SSSR count). The zero-order chi connectivity index (χ0) is 25.4. The number of hydrogen-bond donors (Lipinski definition) is 9. The van der Waals surface area contributed by atoms with Crippen molar-refractivity contribution in [1.29, 1.82) is 0 Å². The van der Waals surface area contributed by atoms with Crippen LogP contribution >= 0.6 is 0 Å². The lowest BCUT2D eigenvalue weighted by molar-refractivity contribution is -0.138. The summed E-state index contributed by atoms with van der Waals surface area (Å²) in [6.07, 6.45) is 1.25. The molecular formula is C18H35N9O6. The molecule has 14 N–H and O–H groups in total. The van der Waals surface area contributed by atoms with E-state index in [0.29, 0.717) is 25.8 Å². The van der Waals surface area contributed by atoms with E-state index in [1.54, 1.807) is 0 Å². The molecule has 0 heterocycles. The number of carbonyl (C=O) groups is 5. The molecular weight excluding hydrogens is 438 g/mol. The Morgan fingerprint density at radius 3 is 2.03 bits per heavy atom. The largest absolute Gasteiger partial charge is 0.480 e. The fraction of sp³-hybridized carbons (Fsp3) is 0.667. The number of unbranched alkanes of at least 4 members (excludes halogenated alkanes) is 1. The summed E-state index contributed by atoms with van der Waals surface area (Å²) >= 11 is 0. The smallest absolute Gasteiger partial charge is 0.322 e. The number of carboxylic acid groups (broad SMARTS) is 1. The second kappa shape index (κ2) is 16.2. The van der Waals surface area contributed by atoms with Crippen LogP contribution in [-0.4, -0.2) is 78.4 Å². The summed E-state index contributed by atoms with van der Waals surface area (Å²) in [5, 5.41) is 15.7. The molecule has 0 fully saturated rings. The lowest BCUT2D eigenvalue weighted by Gasteiger charge is -2.23. The van der Waals surface area contributed by atoms with Crippen molar-refractivity contribution in [2.45, 2.75) is 56.7 Å². The van der Waals surface area contributed by atoms with E-state index in [2.05, 4.69) is 20.9 Å². The number of nitrogens with two attached hydrogens (primary N) is 5. The summed E-state index contributed by atoms with van der Waals surface area (Å²) in [7, 11) is 0. The minimum absolute atomic E-state index is 0.0976. The van der Waals surface area contributed by atoms with E-state index in [-0.39, 0.29) is 25.3 Å². The third-order valence-corrected chi connectivity index (χ3v) is 4.34. The maximum atomic E-state index is 12.7. The van der Waals surface area contributed by atoms with Crippen molar-refractivity contribution < 1.29 is 29.1 Å². The third-order valence-electron chi connectivity index (χ3n) is 4.34. The minimum Gasteiger partial charge on any atom is -0.480 e. The average molecular weight is 474 g/mol. The molecule has 15 nitrogen and oxygen atoms in total. The zero-order valence-corrected chi connectivity index (χ0v) is 18.4. The highest BCUT2D eigenvalue weighted by Gasteiger charge is 2.29. The number of nitrogens with zero attached hydrogens (tertiary/aromatic N) is 1. The molecule has 0 saturated heterocycles. The highest BCUT2D eigenvalue weighted by atomic mass is 16.4. The van der Waals surface area contributed by atoms with Crippen LogP contribution in [0.3, 0.4) is 0 Å². The van der Waals surface area contributed by atoms with Crippen LogP contribution < -0.4 is 44.6 Å². The van der Waals surface area contributed by atoms with Crippen LogP contribution in [0.4, 0.5) is 0 Å². The summed E-state index contributed by atoms with van der Waals surface area (Å²) < 4.78 is 0. The molecule has 0 aromatic heterocycles. The first-order valence-electron chi connectivity index (χ1n) is 10.4. The first-order valence-corrected chi connectivity index (χ1v) is 10.4. The second-order valence-corrected chi connectivity index (χ2v) is 7.24. The number of nitrogens with one attached hydrogen (secondary N) is 3. The van der Waals surface area contributed by atoms with Crippen molar-refractivity contribution in [1.82, 2.24) is 16.0 Å². The fourth-order valence-corrected chi connectivity index (χ4v) is 2.66. The molecule has 188 valence electrons.